The number of amides is 3. The molecule has 3 amide bonds. The summed E-state index contributed by atoms with van der Waals surface area (Å²) in [5.41, 5.74) is 0.419. The van der Waals surface area contributed by atoms with Crippen molar-refractivity contribution in [2.45, 2.75) is 79.1 Å². The standard InChI is InChI=1S/C34H45N3O8/c1-22(2)18-28(30(39)35-20-25-12-10-9-11-13-25)37(23(3)4)29(38)17-15-24-14-16-27(26(19-24)32(41)44-21-43-8)36-31(40)33(42)45-34(5,6)7/h9-17,19,22-23,28H,18,20-21H2,1-8H3,(H,35,39)(H,36,40)/b17-15+. The first-order chi connectivity index (χ1) is 21.1. The van der Waals surface area contributed by atoms with E-state index in [2.05, 4.69) is 10.6 Å². The van der Waals surface area contributed by atoms with Crippen LogP contribution in [0.25, 0.3) is 6.08 Å². The Morgan fingerprint density at radius 1 is 0.956 bits per heavy atom. The van der Waals surface area contributed by atoms with E-state index >= 15 is 0 Å². The molecule has 11 heteroatoms. The van der Waals surface area contributed by atoms with Crippen LogP contribution >= 0.6 is 0 Å². The van der Waals surface area contributed by atoms with E-state index < -0.39 is 35.4 Å². The molecule has 1 unspecified atom stereocenters. The highest BCUT2D eigenvalue weighted by molar-refractivity contribution is 6.37. The fourth-order valence-electron chi connectivity index (χ4n) is 4.35. The van der Waals surface area contributed by atoms with Gasteiger partial charge < -0.3 is 29.7 Å². The first kappa shape index (κ1) is 36.7. The van der Waals surface area contributed by atoms with E-state index in [1.807, 2.05) is 58.0 Å². The van der Waals surface area contributed by atoms with Gasteiger partial charge in [0.15, 0.2) is 6.79 Å². The third kappa shape index (κ3) is 12.2. The summed E-state index contributed by atoms with van der Waals surface area (Å²) in [4.78, 5) is 66.0. The maximum atomic E-state index is 13.6. The second-order valence-electron chi connectivity index (χ2n) is 12.1. The summed E-state index contributed by atoms with van der Waals surface area (Å²) < 4.78 is 15.0. The van der Waals surface area contributed by atoms with Crippen LogP contribution in [0, 0.1) is 5.92 Å². The molecule has 244 valence electrons. The molecule has 2 aromatic rings. The molecular weight excluding hydrogens is 578 g/mol. The minimum atomic E-state index is -1.12. The maximum absolute atomic E-state index is 13.6. The van der Waals surface area contributed by atoms with Crippen LogP contribution < -0.4 is 10.6 Å². The van der Waals surface area contributed by atoms with Crippen LogP contribution in [0.2, 0.25) is 0 Å². The third-order valence-corrected chi connectivity index (χ3v) is 6.28. The third-order valence-electron chi connectivity index (χ3n) is 6.28. The number of ether oxygens (including phenoxy) is 3. The number of benzene rings is 2. The molecule has 0 fully saturated rings. The zero-order chi connectivity index (χ0) is 33.7. The summed E-state index contributed by atoms with van der Waals surface area (Å²) in [6.07, 6.45) is 3.29. The van der Waals surface area contributed by atoms with Gasteiger partial charge in [-0.25, -0.2) is 9.59 Å². The topological polar surface area (TPSA) is 140 Å². The second-order valence-corrected chi connectivity index (χ2v) is 12.1. The minimum Gasteiger partial charge on any atom is -0.453 e. The van der Waals surface area contributed by atoms with Crippen molar-refractivity contribution in [1.29, 1.82) is 0 Å². The number of hydrogen-bond acceptors (Lipinski definition) is 8. The molecule has 2 N–H and O–H groups in total. The summed E-state index contributed by atoms with van der Waals surface area (Å²) in [6.45, 7) is 12.5. The summed E-state index contributed by atoms with van der Waals surface area (Å²) >= 11 is 0. The van der Waals surface area contributed by atoms with E-state index in [0.29, 0.717) is 18.5 Å². The Hall–Kier alpha value is -4.51. The molecule has 0 aliphatic rings. The van der Waals surface area contributed by atoms with Crippen molar-refractivity contribution in [3.8, 4) is 0 Å². The molecule has 0 aliphatic carbocycles. The van der Waals surface area contributed by atoms with Gasteiger partial charge in [-0.2, -0.15) is 0 Å². The van der Waals surface area contributed by atoms with Crippen molar-refractivity contribution in [2.75, 3.05) is 19.2 Å². The van der Waals surface area contributed by atoms with E-state index in [-0.39, 0.29) is 35.9 Å². The van der Waals surface area contributed by atoms with Gasteiger partial charge in [0.25, 0.3) is 0 Å². The number of nitrogens with zero attached hydrogens (tertiary/aromatic N) is 1. The molecule has 0 radical (unpaired) electrons. The molecule has 1 atom stereocenters. The first-order valence-electron chi connectivity index (χ1n) is 14.8. The average molecular weight is 624 g/mol. The van der Waals surface area contributed by atoms with Gasteiger partial charge in [-0.05, 0) is 76.3 Å². The molecule has 0 saturated heterocycles. The summed E-state index contributed by atoms with van der Waals surface area (Å²) in [5.74, 6) is -3.52. The highest BCUT2D eigenvalue weighted by Gasteiger charge is 2.31. The van der Waals surface area contributed by atoms with Crippen LogP contribution in [0.3, 0.4) is 0 Å². The van der Waals surface area contributed by atoms with E-state index in [1.165, 1.54) is 31.4 Å². The van der Waals surface area contributed by atoms with Crippen LogP contribution in [0.15, 0.2) is 54.6 Å². The summed E-state index contributed by atoms with van der Waals surface area (Å²) in [5, 5.41) is 5.35. The largest absolute Gasteiger partial charge is 0.453 e. The van der Waals surface area contributed by atoms with Gasteiger partial charge in [-0.1, -0.05) is 50.2 Å². The summed E-state index contributed by atoms with van der Waals surface area (Å²) in [6, 6.07) is 12.9. The molecule has 2 rings (SSSR count). The molecule has 0 spiro atoms. The molecule has 0 bridgehead atoms. The average Bonchev–Trinajstić information content (AvgIpc) is 2.96. The van der Waals surface area contributed by atoms with E-state index in [0.717, 1.165) is 5.56 Å². The first-order valence-corrected chi connectivity index (χ1v) is 14.8. The Balaban J connectivity index is 2.34. The minimum absolute atomic E-state index is 0.00586. The van der Waals surface area contributed by atoms with Crippen molar-refractivity contribution in [2.24, 2.45) is 5.92 Å². The highest BCUT2D eigenvalue weighted by atomic mass is 16.7. The predicted molar refractivity (Wildman–Crippen MR) is 171 cm³/mol. The van der Waals surface area contributed by atoms with Gasteiger partial charge in [0.2, 0.25) is 11.8 Å². The molecule has 45 heavy (non-hydrogen) atoms. The molecule has 0 heterocycles. The molecule has 0 aliphatic heterocycles. The Morgan fingerprint density at radius 3 is 2.20 bits per heavy atom. The van der Waals surface area contributed by atoms with Crippen molar-refractivity contribution in [3.05, 3.63) is 71.3 Å². The van der Waals surface area contributed by atoms with Crippen molar-refractivity contribution in [1.82, 2.24) is 10.2 Å². The molecule has 11 nitrogen and oxygen atoms in total. The van der Waals surface area contributed by atoms with Gasteiger partial charge in [0, 0.05) is 25.8 Å². The normalized spacial score (nSPS) is 12.1. The SMILES string of the molecule is COCOC(=O)c1cc(/C=C/C(=O)N(C(C)C)C(CC(C)C)C(=O)NCc2ccccc2)ccc1NC(=O)C(=O)OC(C)(C)C. The number of carbonyl (C=O) groups excluding carboxylic acids is 5. The van der Waals surface area contributed by atoms with E-state index in [1.54, 1.807) is 31.7 Å². The number of anilines is 1. The number of carbonyl (C=O) groups is 5. The Morgan fingerprint density at radius 2 is 1.62 bits per heavy atom. The quantitative estimate of drug-likeness (QED) is 0.142. The number of methoxy groups -OCH3 is 1. The lowest BCUT2D eigenvalue weighted by Crippen LogP contribution is -2.52. The molecule has 0 aromatic heterocycles. The monoisotopic (exact) mass is 623 g/mol. The lowest BCUT2D eigenvalue weighted by atomic mass is 9.99. The lowest BCUT2D eigenvalue weighted by Gasteiger charge is -2.34. The van der Waals surface area contributed by atoms with Crippen molar-refractivity contribution in [3.63, 3.8) is 0 Å². The van der Waals surface area contributed by atoms with Crippen LogP contribution in [0.5, 0.6) is 0 Å². The highest BCUT2D eigenvalue weighted by Crippen LogP contribution is 2.22. The van der Waals surface area contributed by atoms with Gasteiger partial charge >= 0.3 is 17.8 Å². The predicted octanol–water partition coefficient (Wildman–Crippen LogP) is 4.71. The van der Waals surface area contributed by atoms with Crippen molar-refractivity contribution >= 4 is 41.4 Å². The number of rotatable bonds is 13. The molecular formula is C34H45N3O8. The Labute approximate surface area is 265 Å². The zero-order valence-electron chi connectivity index (χ0n) is 27.3. The molecule has 2 aromatic carbocycles. The molecule has 0 saturated carbocycles. The van der Waals surface area contributed by atoms with Crippen LogP contribution in [0.4, 0.5) is 5.69 Å². The van der Waals surface area contributed by atoms with Gasteiger partial charge in [0.1, 0.15) is 11.6 Å². The van der Waals surface area contributed by atoms with Crippen LogP contribution in [-0.4, -0.2) is 66.1 Å². The number of esters is 2. The zero-order valence-corrected chi connectivity index (χ0v) is 27.3. The van der Waals surface area contributed by atoms with Crippen LogP contribution in [-0.2, 0) is 39.9 Å². The fourth-order valence-corrected chi connectivity index (χ4v) is 4.35. The number of nitrogens with one attached hydrogen (secondary N) is 2. The fraction of sp³-hybridized carbons (Fsp3) is 0.441. The van der Waals surface area contributed by atoms with Crippen LogP contribution in [0.1, 0.15) is 76.4 Å². The van der Waals surface area contributed by atoms with Gasteiger partial charge in [-0.3, -0.25) is 14.4 Å². The lowest BCUT2D eigenvalue weighted by molar-refractivity contribution is -0.161. The van der Waals surface area contributed by atoms with Gasteiger partial charge in [0.05, 0.1) is 11.3 Å². The maximum Gasteiger partial charge on any atom is 0.397 e. The Kier molecular flexibility index (Phi) is 13.9. The summed E-state index contributed by atoms with van der Waals surface area (Å²) in [7, 11) is 1.35. The van der Waals surface area contributed by atoms with Crippen molar-refractivity contribution < 1.29 is 38.2 Å². The van der Waals surface area contributed by atoms with Gasteiger partial charge in [-0.15, -0.1) is 0 Å². The van der Waals surface area contributed by atoms with E-state index in [9.17, 15) is 24.0 Å². The number of hydrogen-bond donors (Lipinski definition) is 2. The second kappa shape index (κ2) is 17.1. The van der Waals surface area contributed by atoms with E-state index in [4.69, 9.17) is 14.2 Å². The smallest absolute Gasteiger partial charge is 0.397 e. The Bertz CT molecular complexity index is 1360.